The molecule has 4 N–H and O–H groups in total. The normalized spacial score (nSPS) is 16.1. The number of carbonyl (C=O) groups excluding carboxylic acids is 2. The predicted octanol–water partition coefficient (Wildman–Crippen LogP) is 1.75. The number of halogens is 1. The highest BCUT2D eigenvalue weighted by atomic mass is 35.5. The minimum absolute atomic E-state index is 0. The molecule has 1 fully saturated rings. The number of hydrogen-bond donors (Lipinski definition) is 3. The van der Waals surface area contributed by atoms with E-state index in [9.17, 15) is 9.59 Å². The lowest BCUT2D eigenvalue weighted by Gasteiger charge is -2.33. The Morgan fingerprint density at radius 1 is 1.48 bits per heavy atom. The number of nitrogens with one attached hydrogen (secondary N) is 2. The highest BCUT2D eigenvalue weighted by Crippen LogP contribution is 2.30. The van der Waals surface area contributed by atoms with Crippen molar-refractivity contribution in [2.75, 3.05) is 31.6 Å². The lowest BCUT2D eigenvalue weighted by atomic mass is 9.88. The van der Waals surface area contributed by atoms with Gasteiger partial charge >= 0.3 is 6.03 Å². The fourth-order valence-electron chi connectivity index (χ4n) is 2.51. The van der Waals surface area contributed by atoms with Gasteiger partial charge in [0.2, 0.25) is 0 Å². The van der Waals surface area contributed by atoms with Crippen LogP contribution in [0, 0.1) is 5.92 Å². The fraction of sp³-hybridized carbons (Fsp3) is 0.529. The average Bonchev–Trinajstić information content (AvgIpc) is 2.99. The maximum absolute atomic E-state index is 12.6. The first-order chi connectivity index (χ1) is 11.3. The van der Waals surface area contributed by atoms with Crippen LogP contribution in [0.25, 0.3) is 0 Å². The summed E-state index contributed by atoms with van der Waals surface area (Å²) in [6.45, 7) is 7.40. The molecule has 1 aromatic carbocycles. The van der Waals surface area contributed by atoms with Crippen LogP contribution in [-0.4, -0.2) is 44.2 Å². The van der Waals surface area contributed by atoms with Crippen molar-refractivity contribution in [1.82, 2.24) is 10.6 Å². The minimum atomic E-state index is -0.498. The van der Waals surface area contributed by atoms with Crippen molar-refractivity contribution >= 4 is 30.0 Å². The quantitative estimate of drug-likeness (QED) is 0.710. The second-order valence-electron chi connectivity index (χ2n) is 6.50. The van der Waals surface area contributed by atoms with Gasteiger partial charge in [0.25, 0.3) is 5.91 Å². The van der Waals surface area contributed by atoms with Crippen molar-refractivity contribution in [1.29, 1.82) is 0 Å². The monoisotopic (exact) mass is 370 g/mol. The first-order valence-corrected chi connectivity index (χ1v) is 8.08. The number of hydrogen-bond acceptors (Lipinski definition) is 4. The summed E-state index contributed by atoms with van der Waals surface area (Å²) in [5.74, 6) is 0.516. The molecule has 0 spiro atoms. The Labute approximate surface area is 154 Å². The van der Waals surface area contributed by atoms with E-state index in [0.29, 0.717) is 36.6 Å². The van der Waals surface area contributed by atoms with Crippen LogP contribution in [0.15, 0.2) is 18.2 Å². The zero-order valence-corrected chi connectivity index (χ0v) is 15.9. The van der Waals surface area contributed by atoms with Crippen LogP contribution in [-0.2, 0) is 0 Å². The SMILES string of the molecule is COc1ccc(C(=O)NC(C)(CN)C(C)C)cc1N1CCNC1=O.Cl. The highest BCUT2D eigenvalue weighted by Gasteiger charge is 2.30. The van der Waals surface area contributed by atoms with E-state index in [0.717, 1.165) is 0 Å². The van der Waals surface area contributed by atoms with Gasteiger partial charge in [0.15, 0.2) is 0 Å². The molecule has 25 heavy (non-hydrogen) atoms. The first-order valence-electron chi connectivity index (χ1n) is 8.08. The molecule has 1 unspecified atom stereocenters. The summed E-state index contributed by atoms with van der Waals surface area (Å²) in [5.41, 5.74) is 6.38. The predicted molar refractivity (Wildman–Crippen MR) is 101 cm³/mol. The molecule has 0 radical (unpaired) electrons. The number of methoxy groups -OCH3 is 1. The maximum Gasteiger partial charge on any atom is 0.322 e. The second-order valence-corrected chi connectivity index (χ2v) is 6.50. The van der Waals surface area contributed by atoms with Crippen molar-refractivity contribution in [3.05, 3.63) is 23.8 Å². The number of urea groups is 1. The smallest absolute Gasteiger partial charge is 0.322 e. The molecule has 1 heterocycles. The fourth-order valence-corrected chi connectivity index (χ4v) is 2.51. The summed E-state index contributed by atoms with van der Waals surface area (Å²) >= 11 is 0. The van der Waals surface area contributed by atoms with E-state index in [-0.39, 0.29) is 30.3 Å². The summed E-state index contributed by atoms with van der Waals surface area (Å²) < 4.78 is 5.33. The molecule has 1 aliphatic rings. The Kier molecular flexibility index (Phi) is 7.07. The molecule has 2 rings (SSSR count). The molecule has 1 aliphatic heterocycles. The Morgan fingerprint density at radius 3 is 2.64 bits per heavy atom. The molecule has 7 nitrogen and oxygen atoms in total. The van der Waals surface area contributed by atoms with E-state index in [1.165, 1.54) is 7.11 Å². The summed E-state index contributed by atoms with van der Waals surface area (Å²) in [5, 5.41) is 5.75. The van der Waals surface area contributed by atoms with E-state index in [4.69, 9.17) is 10.5 Å². The van der Waals surface area contributed by atoms with Gasteiger partial charge in [-0.3, -0.25) is 9.69 Å². The molecular weight excluding hydrogens is 344 g/mol. The summed E-state index contributed by atoms with van der Waals surface area (Å²) in [6.07, 6.45) is 0. The molecule has 3 amide bonds. The van der Waals surface area contributed by atoms with Gasteiger partial charge in [0, 0.05) is 25.2 Å². The third-order valence-electron chi connectivity index (χ3n) is 4.69. The van der Waals surface area contributed by atoms with Crippen LogP contribution in [0.4, 0.5) is 10.5 Å². The molecule has 1 aromatic rings. The number of nitrogens with zero attached hydrogens (tertiary/aromatic N) is 1. The number of carbonyl (C=O) groups is 2. The van der Waals surface area contributed by atoms with Gasteiger partial charge in [-0.25, -0.2) is 4.79 Å². The number of amides is 3. The Balaban J connectivity index is 0.00000312. The van der Waals surface area contributed by atoms with Crippen LogP contribution in [0.3, 0.4) is 0 Å². The van der Waals surface area contributed by atoms with Crippen LogP contribution in [0.2, 0.25) is 0 Å². The van der Waals surface area contributed by atoms with Crippen LogP contribution >= 0.6 is 12.4 Å². The van der Waals surface area contributed by atoms with Crippen molar-refractivity contribution in [2.45, 2.75) is 26.3 Å². The zero-order chi connectivity index (χ0) is 17.9. The van der Waals surface area contributed by atoms with Crippen molar-refractivity contribution < 1.29 is 14.3 Å². The lowest BCUT2D eigenvalue weighted by Crippen LogP contribution is -2.55. The topological polar surface area (TPSA) is 96.7 Å². The minimum Gasteiger partial charge on any atom is -0.495 e. The van der Waals surface area contributed by atoms with Gasteiger partial charge in [-0.2, -0.15) is 0 Å². The van der Waals surface area contributed by atoms with Gasteiger partial charge in [0.1, 0.15) is 5.75 Å². The van der Waals surface area contributed by atoms with E-state index in [1.807, 2.05) is 20.8 Å². The van der Waals surface area contributed by atoms with Crippen LogP contribution in [0.1, 0.15) is 31.1 Å². The van der Waals surface area contributed by atoms with Crippen molar-refractivity contribution in [3.63, 3.8) is 0 Å². The Morgan fingerprint density at radius 2 is 2.16 bits per heavy atom. The van der Waals surface area contributed by atoms with Gasteiger partial charge in [-0.1, -0.05) is 13.8 Å². The average molecular weight is 371 g/mol. The molecule has 1 saturated heterocycles. The van der Waals surface area contributed by atoms with E-state index >= 15 is 0 Å². The van der Waals surface area contributed by atoms with Gasteiger partial charge in [0.05, 0.1) is 18.3 Å². The third kappa shape index (κ3) is 4.35. The molecule has 0 bridgehead atoms. The van der Waals surface area contributed by atoms with E-state index in [1.54, 1.807) is 23.1 Å². The number of benzene rings is 1. The molecule has 1 atom stereocenters. The summed E-state index contributed by atoms with van der Waals surface area (Å²) in [7, 11) is 1.54. The highest BCUT2D eigenvalue weighted by molar-refractivity contribution is 6.00. The van der Waals surface area contributed by atoms with Gasteiger partial charge in [-0.05, 0) is 31.0 Å². The number of ether oxygens (including phenoxy) is 1. The molecule has 0 aromatic heterocycles. The second kappa shape index (κ2) is 8.40. The number of rotatable bonds is 6. The molecule has 140 valence electrons. The standard InChI is InChI=1S/C17H26N4O3.ClH/c1-11(2)17(3,10-18)20-15(22)12-5-6-14(24-4)13(9-12)21-8-7-19-16(21)23;/h5-6,9,11H,7-8,10,18H2,1-4H3,(H,19,23)(H,20,22);1H. The maximum atomic E-state index is 12.6. The Hall–Kier alpha value is -1.99. The molecular formula is C17H27ClN4O3. The summed E-state index contributed by atoms with van der Waals surface area (Å²) in [4.78, 5) is 26.1. The van der Waals surface area contributed by atoms with Crippen LogP contribution in [0.5, 0.6) is 5.75 Å². The number of nitrogens with two attached hydrogens (primary N) is 1. The molecule has 0 saturated carbocycles. The lowest BCUT2D eigenvalue weighted by molar-refractivity contribution is 0.0883. The van der Waals surface area contributed by atoms with Crippen molar-refractivity contribution in [2.24, 2.45) is 11.7 Å². The van der Waals surface area contributed by atoms with Gasteiger partial charge < -0.3 is 21.1 Å². The van der Waals surface area contributed by atoms with Crippen LogP contribution < -0.4 is 26.0 Å². The molecule has 0 aliphatic carbocycles. The first kappa shape index (κ1) is 21.1. The Bertz CT molecular complexity index is 638. The largest absolute Gasteiger partial charge is 0.495 e. The third-order valence-corrected chi connectivity index (χ3v) is 4.69. The zero-order valence-electron chi connectivity index (χ0n) is 15.1. The summed E-state index contributed by atoms with van der Waals surface area (Å²) in [6, 6.07) is 4.87. The van der Waals surface area contributed by atoms with E-state index in [2.05, 4.69) is 10.6 Å². The van der Waals surface area contributed by atoms with E-state index < -0.39 is 5.54 Å². The van der Waals surface area contributed by atoms with Crippen molar-refractivity contribution in [3.8, 4) is 5.75 Å². The number of anilines is 1. The molecule has 8 heteroatoms. The van der Waals surface area contributed by atoms with Gasteiger partial charge in [-0.15, -0.1) is 12.4 Å².